The van der Waals surface area contributed by atoms with Crippen molar-refractivity contribution in [1.82, 2.24) is 10.2 Å². The lowest BCUT2D eigenvalue weighted by molar-refractivity contribution is -0.146. The van der Waals surface area contributed by atoms with Crippen LogP contribution in [-0.4, -0.2) is 62.8 Å². The summed E-state index contributed by atoms with van der Waals surface area (Å²) in [4.78, 5) is 27.9. The third-order valence-corrected chi connectivity index (χ3v) is 12.3. The molecule has 1 N–H and O–H groups in total. The van der Waals surface area contributed by atoms with Crippen LogP contribution in [0, 0.1) is 11.8 Å². The maximum absolute atomic E-state index is 12.7. The summed E-state index contributed by atoms with van der Waals surface area (Å²) in [5.74, 6) is 1.10. The average molecular weight is 821 g/mol. The van der Waals surface area contributed by atoms with Gasteiger partial charge in [-0.25, -0.2) is 0 Å². The molecule has 0 fully saturated rings. The zero-order valence-electron chi connectivity index (χ0n) is 40.1. The van der Waals surface area contributed by atoms with Gasteiger partial charge in [0.1, 0.15) is 0 Å². The Labute approximate surface area is 363 Å². The van der Waals surface area contributed by atoms with Crippen LogP contribution in [0.2, 0.25) is 0 Å². The number of carbonyl (C=O) groups excluding carboxylic acids is 2. The molecule has 0 aliphatic heterocycles. The van der Waals surface area contributed by atoms with Gasteiger partial charge in [0.05, 0.1) is 13.2 Å². The molecule has 0 aromatic carbocycles. The first-order valence-electron chi connectivity index (χ1n) is 26.2. The number of ether oxygens (including phenoxy) is 2. The zero-order valence-corrected chi connectivity index (χ0v) is 40.1. The van der Waals surface area contributed by atoms with Gasteiger partial charge in [-0.15, -0.1) is 0 Å². The highest BCUT2D eigenvalue weighted by molar-refractivity contribution is 5.69. The molecule has 0 aromatic rings. The molecule has 346 valence electrons. The van der Waals surface area contributed by atoms with Gasteiger partial charge in [-0.05, 0) is 89.3 Å². The molecule has 2 unspecified atom stereocenters. The number of carbonyl (C=O) groups is 2. The van der Waals surface area contributed by atoms with E-state index in [-0.39, 0.29) is 11.9 Å². The SMILES string of the molecule is CCCCCCCCC(CCCCCC)COC(=O)CCCCCNCCN(CCCCCC)CCCCCC(=O)OCC(CCCCCC)CCCCCCCC. The van der Waals surface area contributed by atoms with Gasteiger partial charge >= 0.3 is 11.9 Å². The second-order valence-corrected chi connectivity index (χ2v) is 18.2. The zero-order chi connectivity index (χ0) is 42.4. The van der Waals surface area contributed by atoms with E-state index in [1.807, 2.05) is 0 Å². The van der Waals surface area contributed by atoms with Crippen molar-refractivity contribution in [2.75, 3.05) is 45.9 Å². The molecule has 6 nitrogen and oxygen atoms in total. The van der Waals surface area contributed by atoms with Gasteiger partial charge in [0, 0.05) is 25.9 Å². The first-order valence-corrected chi connectivity index (χ1v) is 26.2. The molecule has 0 spiro atoms. The number of unbranched alkanes of at least 4 members (excludes halogenated alkanes) is 23. The van der Waals surface area contributed by atoms with Crippen LogP contribution in [0.4, 0.5) is 0 Å². The Morgan fingerprint density at radius 1 is 0.379 bits per heavy atom. The van der Waals surface area contributed by atoms with Crippen LogP contribution in [0.15, 0.2) is 0 Å². The molecule has 0 saturated heterocycles. The number of hydrogen-bond acceptors (Lipinski definition) is 6. The fourth-order valence-corrected chi connectivity index (χ4v) is 8.27. The fourth-order valence-electron chi connectivity index (χ4n) is 8.27. The highest BCUT2D eigenvalue weighted by atomic mass is 16.5. The number of nitrogens with one attached hydrogen (secondary N) is 1. The Kier molecular flexibility index (Phi) is 46.0. The van der Waals surface area contributed by atoms with Crippen molar-refractivity contribution in [2.24, 2.45) is 11.8 Å². The summed E-state index contributed by atoms with van der Waals surface area (Å²) in [6.07, 6.45) is 43.7. The van der Waals surface area contributed by atoms with Crippen LogP contribution in [-0.2, 0) is 19.1 Å². The predicted molar refractivity (Wildman–Crippen MR) is 253 cm³/mol. The Hall–Kier alpha value is -1.14. The molecule has 0 aliphatic rings. The van der Waals surface area contributed by atoms with Gasteiger partial charge in [0.15, 0.2) is 0 Å². The van der Waals surface area contributed by atoms with Crippen molar-refractivity contribution in [3.8, 4) is 0 Å². The van der Waals surface area contributed by atoms with Crippen molar-refractivity contribution in [3.63, 3.8) is 0 Å². The highest BCUT2D eigenvalue weighted by Crippen LogP contribution is 2.21. The first-order chi connectivity index (χ1) is 28.5. The van der Waals surface area contributed by atoms with Crippen molar-refractivity contribution in [2.45, 2.75) is 266 Å². The first kappa shape index (κ1) is 56.9. The third-order valence-electron chi connectivity index (χ3n) is 12.3. The molecule has 0 aliphatic carbocycles. The molecule has 0 rings (SSSR count). The predicted octanol–water partition coefficient (Wildman–Crippen LogP) is 15.3. The highest BCUT2D eigenvalue weighted by Gasteiger charge is 2.14. The number of esters is 2. The quantitative estimate of drug-likeness (QED) is 0.0487. The smallest absolute Gasteiger partial charge is 0.305 e. The van der Waals surface area contributed by atoms with E-state index < -0.39 is 0 Å². The van der Waals surface area contributed by atoms with Gasteiger partial charge in [-0.1, -0.05) is 195 Å². The molecule has 0 saturated carbocycles. The second-order valence-electron chi connectivity index (χ2n) is 18.2. The van der Waals surface area contributed by atoms with Gasteiger partial charge in [-0.3, -0.25) is 9.59 Å². The molecule has 0 heterocycles. The van der Waals surface area contributed by atoms with E-state index in [9.17, 15) is 9.59 Å². The van der Waals surface area contributed by atoms with Crippen LogP contribution in [0.3, 0.4) is 0 Å². The van der Waals surface area contributed by atoms with Crippen LogP contribution in [0.1, 0.15) is 266 Å². The molecule has 58 heavy (non-hydrogen) atoms. The van der Waals surface area contributed by atoms with E-state index in [0.29, 0.717) is 37.9 Å². The van der Waals surface area contributed by atoms with E-state index >= 15 is 0 Å². The molecular formula is C52H104N2O4. The van der Waals surface area contributed by atoms with Gasteiger partial charge in [0.25, 0.3) is 0 Å². The summed E-state index contributed by atoms with van der Waals surface area (Å²) in [6, 6.07) is 0. The van der Waals surface area contributed by atoms with E-state index in [1.165, 1.54) is 186 Å². The Morgan fingerprint density at radius 2 is 0.707 bits per heavy atom. The average Bonchev–Trinajstić information content (AvgIpc) is 3.23. The van der Waals surface area contributed by atoms with E-state index in [0.717, 1.165) is 64.7 Å². The minimum atomic E-state index is 0.00526. The van der Waals surface area contributed by atoms with Crippen molar-refractivity contribution in [3.05, 3.63) is 0 Å². The summed E-state index contributed by atoms with van der Waals surface area (Å²) < 4.78 is 11.7. The van der Waals surface area contributed by atoms with E-state index in [4.69, 9.17) is 9.47 Å². The van der Waals surface area contributed by atoms with Crippen molar-refractivity contribution < 1.29 is 19.1 Å². The molecule has 0 amide bonds. The van der Waals surface area contributed by atoms with Crippen molar-refractivity contribution >= 4 is 11.9 Å². The standard InChI is InChI=1S/C52H104N2O4/c1-6-11-16-21-23-29-38-49(36-27-18-13-8-3)47-57-51(55)40-31-25-33-42-53-43-46-54(44-34-20-15-10-5)45-35-26-32-41-52(56)58-48-50(37-28-19-14-9-4)39-30-24-22-17-12-7-2/h49-50,53H,6-48H2,1-5H3. The normalized spacial score (nSPS) is 12.7. The van der Waals surface area contributed by atoms with Gasteiger partial charge in [-0.2, -0.15) is 0 Å². The van der Waals surface area contributed by atoms with Crippen molar-refractivity contribution in [1.29, 1.82) is 0 Å². The number of nitrogens with zero attached hydrogens (tertiary/aromatic N) is 1. The lowest BCUT2D eigenvalue weighted by Crippen LogP contribution is -2.34. The van der Waals surface area contributed by atoms with Gasteiger partial charge < -0.3 is 19.7 Å². The lowest BCUT2D eigenvalue weighted by Gasteiger charge is -2.22. The molecule has 6 heteroatoms. The minimum absolute atomic E-state index is 0.00526. The lowest BCUT2D eigenvalue weighted by atomic mass is 9.95. The Morgan fingerprint density at radius 3 is 1.12 bits per heavy atom. The molecule has 0 aromatic heterocycles. The monoisotopic (exact) mass is 821 g/mol. The van der Waals surface area contributed by atoms with Crippen LogP contribution >= 0.6 is 0 Å². The summed E-state index contributed by atoms with van der Waals surface area (Å²) in [6.45, 7) is 18.0. The topological polar surface area (TPSA) is 67.9 Å². The number of rotatable bonds is 48. The largest absolute Gasteiger partial charge is 0.465 e. The summed E-state index contributed by atoms with van der Waals surface area (Å²) in [5, 5.41) is 3.67. The Balaban J connectivity index is 4.32. The maximum Gasteiger partial charge on any atom is 0.305 e. The summed E-state index contributed by atoms with van der Waals surface area (Å²) in [7, 11) is 0. The fraction of sp³-hybridized carbons (Fsp3) is 0.962. The third kappa shape index (κ3) is 41.6. The van der Waals surface area contributed by atoms with Crippen LogP contribution < -0.4 is 5.32 Å². The molecule has 0 bridgehead atoms. The summed E-state index contributed by atoms with van der Waals surface area (Å²) >= 11 is 0. The minimum Gasteiger partial charge on any atom is -0.465 e. The maximum atomic E-state index is 12.7. The number of hydrogen-bond donors (Lipinski definition) is 1. The molecular weight excluding hydrogens is 717 g/mol. The molecule has 0 radical (unpaired) electrons. The van der Waals surface area contributed by atoms with Gasteiger partial charge in [0.2, 0.25) is 0 Å². The second kappa shape index (κ2) is 46.9. The Bertz CT molecular complexity index is 838. The van der Waals surface area contributed by atoms with E-state index in [1.54, 1.807) is 0 Å². The van der Waals surface area contributed by atoms with E-state index in [2.05, 4.69) is 44.8 Å². The summed E-state index contributed by atoms with van der Waals surface area (Å²) in [5.41, 5.74) is 0. The molecule has 2 atom stereocenters. The van der Waals surface area contributed by atoms with Crippen LogP contribution in [0.5, 0.6) is 0 Å². The van der Waals surface area contributed by atoms with Crippen LogP contribution in [0.25, 0.3) is 0 Å².